The second-order valence-corrected chi connectivity index (χ2v) is 8.26. The van der Waals surface area contributed by atoms with E-state index < -0.39 is 6.04 Å². The minimum absolute atomic E-state index is 0.0240. The van der Waals surface area contributed by atoms with Gasteiger partial charge in [-0.3, -0.25) is 9.59 Å². The molecule has 1 aliphatic heterocycles. The van der Waals surface area contributed by atoms with E-state index in [0.717, 1.165) is 6.42 Å². The van der Waals surface area contributed by atoms with Crippen molar-refractivity contribution in [3.63, 3.8) is 0 Å². The van der Waals surface area contributed by atoms with Gasteiger partial charge in [-0.2, -0.15) is 0 Å². The quantitative estimate of drug-likeness (QED) is 0.846. The molecule has 2 atom stereocenters. The van der Waals surface area contributed by atoms with Crippen LogP contribution in [0.1, 0.15) is 61.3 Å². The highest BCUT2D eigenvalue weighted by molar-refractivity contribution is 5.91. The van der Waals surface area contributed by atoms with Gasteiger partial charge in [0.1, 0.15) is 6.04 Å². The molecular weight excluding hydrogens is 252 g/mol. The fourth-order valence-electron chi connectivity index (χ4n) is 2.42. The molecule has 0 saturated carbocycles. The number of amides is 2. The minimum atomic E-state index is -0.431. The standard InChI is InChI=1S/C16H30N2O2/c1-11-10-12(19)17-13(16(5,6)7)14(20)18(11)9-8-15(2,3)4/h11,13H,8-10H2,1-7H3,(H,17,19). The molecule has 1 aliphatic rings. The molecule has 2 amide bonds. The van der Waals surface area contributed by atoms with Crippen LogP contribution in [0.2, 0.25) is 0 Å². The van der Waals surface area contributed by atoms with E-state index in [1.807, 2.05) is 32.6 Å². The first-order valence-corrected chi connectivity index (χ1v) is 7.52. The SMILES string of the molecule is CC1CC(=O)NC(C(C)(C)C)C(=O)N1CCC(C)(C)C. The number of nitrogens with zero attached hydrogens (tertiary/aromatic N) is 1. The number of hydrogen-bond acceptors (Lipinski definition) is 2. The van der Waals surface area contributed by atoms with Crippen molar-refractivity contribution in [3.8, 4) is 0 Å². The van der Waals surface area contributed by atoms with E-state index in [-0.39, 0.29) is 28.7 Å². The van der Waals surface area contributed by atoms with Crippen molar-refractivity contribution in [2.24, 2.45) is 10.8 Å². The Labute approximate surface area is 123 Å². The highest BCUT2D eigenvalue weighted by Gasteiger charge is 2.40. The van der Waals surface area contributed by atoms with Crippen molar-refractivity contribution in [1.82, 2.24) is 10.2 Å². The van der Waals surface area contributed by atoms with Gasteiger partial charge in [-0.15, -0.1) is 0 Å². The maximum Gasteiger partial charge on any atom is 0.245 e. The molecule has 0 bridgehead atoms. The summed E-state index contributed by atoms with van der Waals surface area (Å²) < 4.78 is 0. The Bertz CT molecular complexity index is 377. The monoisotopic (exact) mass is 282 g/mol. The highest BCUT2D eigenvalue weighted by Crippen LogP contribution is 2.26. The molecule has 116 valence electrons. The first-order chi connectivity index (χ1) is 8.92. The van der Waals surface area contributed by atoms with Gasteiger partial charge in [0, 0.05) is 19.0 Å². The maximum absolute atomic E-state index is 12.8. The third-order valence-corrected chi connectivity index (χ3v) is 3.82. The normalized spacial score (nSPS) is 25.4. The summed E-state index contributed by atoms with van der Waals surface area (Å²) in [6.45, 7) is 15.2. The van der Waals surface area contributed by atoms with Gasteiger partial charge in [-0.05, 0) is 24.2 Å². The molecule has 0 aromatic heterocycles. The van der Waals surface area contributed by atoms with E-state index in [0.29, 0.717) is 13.0 Å². The summed E-state index contributed by atoms with van der Waals surface area (Å²) in [4.78, 5) is 26.6. The predicted octanol–water partition coefficient (Wildman–Crippen LogP) is 2.57. The van der Waals surface area contributed by atoms with Crippen LogP contribution in [0.15, 0.2) is 0 Å². The zero-order valence-electron chi connectivity index (χ0n) is 14.0. The van der Waals surface area contributed by atoms with E-state index >= 15 is 0 Å². The fraction of sp³-hybridized carbons (Fsp3) is 0.875. The maximum atomic E-state index is 12.8. The lowest BCUT2D eigenvalue weighted by Gasteiger charge is -2.35. The molecule has 1 fully saturated rings. The molecule has 20 heavy (non-hydrogen) atoms. The lowest BCUT2D eigenvalue weighted by Crippen LogP contribution is -2.53. The molecule has 1 N–H and O–H groups in total. The van der Waals surface area contributed by atoms with Crippen molar-refractivity contribution in [3.05, 3.63) is 0 Å². The van der Waals surface area contributed by atoms with Gasteiger partial charge in [0.05, 0.1) is 0 Å². The molecule has 2 unspecified atom stereocenters. The molecule has 0 aromatic rings. The van der Waals surface area contributed by atoms with Crippen LogP contribution in [0.4, 0.5) is 0 Å². The van der Waals surface area contributed by atoms with Crippen LogP contribution in [0, 0.1) is 10.8 Å². The number of carbonyl (C=O) groups is 2. The summed E-state index contributed by atoms with van der Waals surface area (Å²) >= 11 is 0. The molecule has 0 spiro atoms. The van der Waals surface area contributed by atoms with E-state index in [1.165, 1.54) is 0 Å². The van der Waals surface area contributed by atoms with Gasteiger partial charge < -0.3 is 10.2 Å². The van der Waals surface area contributed by atoms with E-state index in [4.69, 9.17) is 0 Å². The van der Waals surface area contributed by atoms with Crippen LogP contribution in [0.25, 0.3) is 0 Å². The Balaban J connectivity index is 2.95. The molecular formula is C16H30N2O2. The van der Waals surface area contributed by atoms with Crippen LogP contribution < -0.4 is 5.32 Å². The first-order valence-electron chi connectivity index (χ1n) is 7.52. The summed E-state index contributed by atoms with van der Waals surface area (Å²) in [6.07, 6.45) is 1.33. The molecule has 0 aliphatic carbocycles. The highest BCUT2D eigenvalue weighted by atomic mass is 16.2. The van der Waals surface area contributed by atoms with Gasteiger partial charge in [-0.1, -0.05) is 41.5 Å². The Morgan fingerprint density at radius 2 is 1.70 bits per heavy atom. The van der Waals surface area contributed by atoms with Gasteiger partial charge in [-0.25, -0.2) is 0 Å². The Morgan fingerprint density at radius 1 is 1.15 bits per heavy atom. The van der Waals surface area contributed by atoms with Gasteiger partial charge >= 0.3 is 0 Å². The largest absolute Gasteiger partial charge is 0.344 e. The second-order valence-electron chi connectivity index (χ2n) is 8.26. The lowest BCUT2D eigenvalue weighted by molar-refractivity contribution is -0.138. The van der Waals surface area contributed by atoms with Crippen molar-refractivity contribution in [2.75, 3.05) is 6.54 Å². The first kappa shape index (κ1) is 17.0. The molecule has 4 nitrogen and oxygen atoms in total. The molecule has 0 radical (unpaired) electrons. The second kappa shape index (κ2) is 5.74. The smallest absolute Gasteiger partial charge is 0.245 e. The van der Waals surface area contributed by atoms with E-state index in [2.05, 4.69) is 26.1 Å². The third kappa shape index (κ3) is 4.50. The van der Waals surface area contributed by atoms with Crippen molar-refractivity contribution in [2.45, 2.75) is 73.4 Å². The summed E-state index contributed by atoms with van der Waals surface area (Å²) in [6, 6.07) is -0.461. The van der Waals surface area contributed by atoms with Crippen LogP contribution in [-0.2, 0) is 9.59 Å². The minimum Gasteiger partial charge on any atom is -0.344 e. The lowest BCUT2D eigenvalue weighted by atomic mass is 9.85. The van der Waals surface area contributed by atoms with Crippen LogP contribution in [0.5, 0.6) is 0 Å². The third-order valence-electron chi connectivity index (χ3n) is 3.82. The predicted molar refractivity (Wildman–Crippen MR) is 81.2 cm³/mol. The average molecular weight is 282 g/mol. The van der Waals surface area contributed by atoms with Gasteiger partial charge in [0.25, 0.3) is 0 Å². The number of hydrogen-bond donors (Lipinski definition) is 1. The molecule has 1 saturated heterocycles. The van der Waals surface area contributed by atoms with Crippen molar-refractivity contribution < 1.29 is 9.59 Å². The summed E-state index contributed by atoms with van der Waals surface area (Å²) in [5, 5.41) is 2.90. The molecule has 4 heteroatoms. The average Bonchev–Trinajstić information content (AvgIpc) is 2.31. The molecule has 0 aromatic carbocycles. The van der Waals surface area contributed by atoms with Crippen LogP contribution >= 0.6 is 0 Å². The Hall–Kier alpha value is -1.06. The van der Waals surface area contributed by atoms with Crippen LogP contribution in [-0.4, -0.2) is 35.3 Å². The Morgan fingerprint density at radius 3 is 2.15 bits per heavy atom. The van der Waals surface area contributed by atoms with E-state index in [9.17, 15) is 9.59 Å². The number of nitrogens with one attached hydrogen (secondary N) is 1. The zero-order valence-corrected chi connectivity index (χ0v) is 14.0. The summed E-state index contributed by atoms with van der Waals surface area (Å²) in [5.74, 6) is 0.0316. The van der Waals surface area contributed by atoms with Crippen molar-refractivity contribution in [1.29, 1.82) is 0 Å². The fourth-order valence-corrected chi connectivity index (χ4v) is 2.42. The van der Waals surface area contributed by atoms with Gasteiger partial charge in [0.2, 0.25) is 11.8 Å². The topological polar surface area (TPSA) is 49.4 Å². The van der Waals surface area contributed by atoms with Gasteiger partial charge in [0.15, 0.2) is 0 Å². The number of carbonyl (C=O) groups excluding carboxylic acids is 2. The van der Waals surface area contributed by atoms with Crippen LogP contribution in [0.3, 0.4) is 0 Å². The summed E-state index contributed by atoms with van der Waals surface area (Å²) in [5.41, 5.74) is -0.0856. The zero-order chi connectivity index (χ0) is 15.7. The number of rotatable bonds is 2. The van der Waals surface area contributed by atoms with E-state index in [1.54, 1.807) is 0 Å². The Kier molecular flexibility index (Phi) is 4.88. The molecule has 1 heterocycles. The molecule has 1 rings (SSSR count). The van der Waals surface area contributed by atoms with Crippen molar-refractivity contribution >= 4 is 11.8 Å². The summed E-state index contributed by atoms with van der Waals surface area (Å²) in [7, 11) is 0.